The van der Waals surface area contributed by atoms with E-state index in [1.54, 1.807) is 0 Å². The number of hydrogen-bond donors (Lipinski definition) is 2. The molecule has 0 aliphatic rings. The summed E-state index contributed by atoms with van der Waals surface area (Å²) in [5.74, 6) is 1.45. The molecule has 0 heterocycles. The van der Waals surface area contributed by atoms with Crippen LogP contribution in [0, 0.1) is 12.3 Å². The summed E-state index contributed by atoms with van der Waals surface area (Å²) in [4.78, 5) is 10.1. The van der Waals surface area contributed by atoms with Crippen molar-refractivity contribution in [2.45, 2.75) is 25.3 Å². The molecule has 3 N–H and O–H groups in total. The number of terminal acetylenes is 1. The van der Waals surface area contributed by atoms with E-state index in [2.05, 4.69) is 5.92 Å². The number of carboxylic acids is 1. The molecule has 4 heteroatoms. The van der Waals surface area contributed by atoms with Crippen LogP contribution in [0.15, 0.2) is 0 Å². The standard InChI is InChI=1S/C7H11NO2.ClH/c1-2-3-4-5-6(8)7(9)10;/h1,6H,3-5,8H2,(H,9,10);1H. The minimum atomic E-state index is -0.961. The second-order valence-electron chi connectivity index (χ2n) is 2.04. The fourth-order valence-corrected chi connectivity index (χ4v) is 0.548. The summed E-state index contributed by atoms with van der Waals surface area (Å²) in [5.41, 5.74) is 5.19. The number of unbranched alkanes of at least 4 members (excludes halogenated alkanes) is 1. The summed E-state index contributed by atoms with van der Waals surface area (Å²) in [7, 11) is 0. The number of carbonyl (C=O) groups is 1. The van der Waals surface area contributed by atoms with Gasteiger partial charge < -0.3 is 10.8 Å². The van der Waals surface area contributed by atoms with Crippen LogP contribution in [0.1, 0.15) is 19.3 Å². The van der Waals surface area contributed by atoms with Crippen molar-refractivity contribution < 1.29 is 9.90 Å². The zero-order chi connectivity index (χ0) is 7.98. The van der Waals surface area contributed by atoms with Gasteiger partial charge in [0.05, 0.1) is 0 Å². The first-order valence-corrected chi connectivity index (χ1v) is 3.10. The molecule has 1 atom stereocenters. The number of carboxylic acid groups (broad SMARTS) is 1. The highest BCUT2D eigenvalue weighted by atomic mass is 35.5. The molecule has 0 aliphatic heterocycles. The smallest absolute Gasteiger partial charge is 0.320 e. The summed E-state index contributed by atoms with van der Waals surface area (Å²) < 4.78 is 0. The molecule has 0 saturated heterocycles. The minimum Gasteiger partial charge on any atom is -0.480 e. The predicted octanol–water partition coefficient (Wildman–Crippen LogP) is 0.624. The zero-order valence-corrected chi connectivity index (χ0v) is 6.93. The highest BCUT2D eigenvalue weighted by molar-refractivity contribution is 5.85. The molecule has 0 spiro atoms. The molecular formula is C7H12ClNO2. The molecule has 0 amide bonds. The molecule has 0 aromatic heterocycles. The third-order valence-electron chi connectivity index (χ3n) is 1.15. The lowest BCUT2D eigenvalue weighted by atomic mass is 10.1. The van der Waals surface area contributed by atoms with Crippen molar-refractivity contribution in [2.24, 2.45) is 5.73 Å². The quantitative estimate of drug-likeness (QED) is 0.489. The molecular weight excluding hydrogens is 166 g/mol. The molecule has 3 nitrogen and oxygen atoms in total. The first-order valence-electron chi connectivity index (χ1n) is 3.10. The van der Waals surface area contributed by atoms with Crippen molar-refractivity contribution in [1.82, 2.24) is 0 Å². The second-order valence-corrected chi connectivity index (χ2v) is 2.04. The van der Waals surface area contributed by atoms with Gasteiger partial charge >= 0.3 is 5.97 Å². The molecule has 11 heavy (non-hydrogen) atoms. The summed E-state index contributed by atoms with van der Waals surface area (Å²) in [5, 5.41) is 8.30. The fourth-order valence-electron chi connectivity index (χ4n) is 0.548. The summed E-state index contributed by atoms with van der Waals surface area (Å²) in [6, 6.07) is -0.756. The Morgan fingerprint density at radius 2 is 2.27 bits per heavy atom. The van der Waals surface area contributed by atoms with E-state index in [-0.39, 0.29) is 12.4 Å². The van der Waals surface area contributed by atoms with E-state index in [4.69, 9.17) is 17.3 Å². The molecule has 64 valence electrons. The van der Waals surface area contributed by atoms with Crippen LogP contribution in [0.25, 0.3) is 0 Å². The van der Waals surface area contributed by atoms with Crippen molar-refractivity contribution in [2.75, 3.05) is 0 Å². The van der Waals surface area contributed by atoms with Crippen molar-refractivity contribution in [1.29, 1.82) is 0 Å². The van der Waals surface area contributed by atoms with Gasteiger partial charge in [-0.1, -0.05) is 0 Å². The molecule has 0 aromatic carbocycles. The van der Waals surface area contributed by atoms with Crippen LogP contribution in [-0.4, -0.2) is 17.1 Å². The molecule has 0 bridgehead atoms. The maximum atomic E-state index is 10.1. The lowest BCUT2D eigenvalue weighted by Gasteiger charge is -2.02. The van der Waals surface area contributed by atoms with Crippen molar-refractivity contribution >= 4 is 18.4 Å². The first kappa shape index (κ1) is 12.9. The number of nitrogens with two attached hydrogens (primary N) is 1. The van der Waals surface area contributed by atoms with Gasteiger partial charge in [-0.25, -0.2) is 0 Å². The van der Waals surface area contributed by atoms with Gasteiger partial charge in [0.1, 0.15) is 6.04 Å². The maximum Gasteiger partial charge on any atom is 0.320 e. The van der Waals surface area contributed by atoms with E-state index < -0.39 is 12.0 Å². The van der Waals surface area contributed by atoms with E-state index >= 15 is 0 Å². The van der Waals surface area contributed by atoms with Crippen molar-refractivity contribution in [3.05, 3.63) is 0 Å². The van der Waals surface area contributed by atoms with Crippen LogP contribution >= 0.6 is 12.4 Å². The van der Waals surface area contributed by atoms with Crippen LogP contribution in [0.5, 0.6) is 0 Å². The van der Waals surface area contributed by atoms with Gasteiger partial charge in [-0.2, -0.15) is 0 Å². The lowest BCUT2D eigenvalue weighted by molar-refractivity contribution is -0.138. The van der Waals surface area contributed by atoms with Gasteiger partial charge in [0.2, 0.25) is 0 Å². The summed E-state index contributed by atoms with van der Waals surface area (Å²) in [6.45, 7) is 0. The van der Waals surface area contributed by atoms with E-state index in [0.29, 0.717) is 19.3 Å². The van der Waals surface area contributed by atoms with Gasteiger partial charge in [0.15, 0.2) is 0 Å². The Balaban J connectivity index is 0. The molecule has 0 aromatic rings. The van der Waals surface area contributed by atoms with Gasteiger partial charge in [-0.3, -0.25) is 4.79 Å². The summed E-state index contributed by atoms with van der Waals surface area (Å²) in [6.07, 6.45) is 6.69. The molecule has 1 unspecified atom stereocenters. The SMILES string of the molecule is C#CCCCC(N)C(=O)O.Cl. The first-order chi connectivity index (χ1) is 4.68. The molecule has 0 rings (SSSR count). The Hall–Kier alpha value is -0.720. The number of aliphatic carboxylic acids is 1. The number of halogens is 1. The van der Waals surface area contributed by atoms with Gasteiger partial charge in [-0.15, -0.1) is 24.8 Å². The molecule has 0 saturated carbocycles. The van der Waals surface area contributed by atoms with Gasteiger partial charge in [0.25, 0.3) is 0 Å². The van der Waals surface area contributed by atoms with E-state index in [1.165, 1.54) is 0 Å². The minimum absolute atomic E-state index is 0. The fraction of sp³-hybridized carbons (Fsp3) is 0.571. The summed E-state index contributed by atoms with van der Waals surface area (Å²) >= 11 is 0. The molecule has 0 aliphatic carbocycles. The van der Waals surface area contributed by atoms with Crippen LogP contribution < -0.4 is 5.73 Å². The average molecular weight is 178 g/mol. The van der Waals surface area contributed by atoms with E-state index in [0.717, 1.165) is 0 Å². The maximum absolute atomic E-state index is 10.1. The third-order valence-corrected chi connectivity index (χ3v) is 1.15. The molecule has 0 radical (unpaired) electrons. The van der Waals surface area contributed by atoms with Gasteiger partial charge in [-0.05, 0) is 12.8 Å². The Morgan fingerprint density at radius 3 is 2.64 bits per heavy atom. The van der Waals surface area contributed by atoms with Crippen LogP contribution in [0.3, 0.4) is 0 Å². The highest BCUT2D eigenvalue weighted by Gasteiger charge is 2.09. The van der Waals surface area contributed by atoms with E-state index in [1.807, 2.05) is 0 Å². The lowest BCUT2D eigenvalue weighted by Crippen LogP contribution is -2.29. The largest absolute Gasteiger partial charge is 0.480 e. The number of rotatable bonds is 4. The van der Waals surface area contributed by atoms with Crippen LogP contribution in [0.2, 0.25) is 0 Å². The van der Waals surface area contributed by atoms with Crippen LogP contribution in [0.4, 0.5) is 0 Å². The zero-order valence-electron chi connectivity index (χ0n) is 6.12. The average Bonchev–Trinajstić information content (AvgIpc) is 1.88. The molecule has 0 fully saturated rings. The van der Waals surface area contributed by atoms with Crippen LogP contribution in [-0.2, 0) is 4.79 Å². The van der Waals surface area contributed by atoms with E-state index in [9.17, 15) is 4.79 Å². The topological polar surface area (TPSA) is 63.3 Å². The number of hydrogen-bond acceptors (Lipinski definition) is 2. The Labute approximate surface area is 72.4 Å². The highest BCUT2D eigenvalue weighted by Crippen LogP contribution is 1.97. The predicted molar refractivity (Wildman–Crippen MR) is 45.5 cm³/mol. The normalized spacial score (nSPS) is 10.9. The van der Waals surface area contributed by atoms with Crippen molar-refractivity contribution in [3.8, 4) is 12.3 Å². The van der Waals surface area contributed by atoms with Gasteiger partial charge in [0, 0.05) is 6.42 Å². The third kappa shape index (κ3) is 7.17. The Kier molecular flexibility index (Phi) is 8.67. The monoisotopic (exact) mass is 177 g/mol. The Morgan fingerprint density at radius 1 is 1.73 bits per heavy atom. The second kappa shape index (κ2) is 7.39. The Bertz CT molecular complexity index is 153. The van der Waals surface area contributed by atoms with Crippen molar-refractivity contribution in [3.63, 3.8) is 0 Å².